The fraction of sp³-hybridized carbons (Fsp3) is 0.324. The number of ether oxygens (including phenoxy) is 1. The van der Waals surface area contributed by atoms with E-state index in [1.165, 1.54) is 25.0 Å². The number of hydrogen-bond acceptors (Lipinski definition) is 5. The molecule has 2 aromatic carbocycles. The molecule has 47 heavy (non-hydrogen) atoms. The number of amides is 1. The second kappa shape index (κ2) is 11.1. The van der Waals surface area contributed by atoms with E-state index in [0.29, 0.717) is 35.7 Å². The molecule has 5 heterocycles. The summed E-state index contributed by atoms with van der Waals surface area (Å²) in [6.45, 7) is 6.07. The van der Waals surface area contributed by atoms with Gasteiger partial charge in [-0.25, -0.2) is 8.91 Å². The van der Waals surface area contributed by atoms with Gasteiger partial charge in [-0.15, -0.1) is 0 Å². The smallest absolute Gasteiger partial charge is 0.255 e. The minimum absolute atomic E-state index is 0.0134. The van der Waals surface area contributed by atoms with E-state index in [4.69, 9.17) is 15.6 Å². The summed E-state index contributed by atoms with van der Waals surface area (Å²) < 4.78 is 25.2. The maximum atomic E-state index is 15.3. The monoisotopic (exact) mass is 632 g/mol. The Morgan fingerprint density at radius 1 is 1.09 bits per heavy atom. The Labute approximate surface area is 270 Å². The van der Waals surface area contributed by atoms with Gasteiger partial charge >= 0.3 is 0 Å². The molecule has 6 aromatic rings. The number of halogens is 1. The van der Waals surface area contributed by atoms with Gasteiger partial charge in [-0.2, -0.15) is 5.10 Å². The molecule has 0 spiro atoms. The predicted octanol–water partition coefficient (Wildman–Crippen LogP) is 6.20. The molecule has 1 saturated carbocycles. The Balaban J connectivity index is 1.26. The third-order valence-corrected chi connectivity index (χ3v) is 9.97. The van der Waals surface area contributed by atoms with Crippen molar-refractivity contribution in [3.63, 3.8) is 0 Å². The Morgan fingerprint density at radius 2 is 1.91 bits per heavy atom. The van der Waals surface area contributed by atoms with Crippen LogP contribution in [0.25, 0.3) is 49.8 Å². The van der Waals surface area contributed by atoms with E-state index < -0.39 is 5.82 Å². The quantitative estimate of drug-likeness (QED) is 0.227. The third-order valence-electron chi connectivity index (χ3n) is 9.97. The van der Waals surface area contributed by atoms with Crippen LogP contribution in [0, 0.1) is 25.6 Å². The summed E-state index contributed by atoms with van der Waals surface area (Å²) in [4.78, 5) is 29.9. The van der Waals surface area contributed by atoms with Crippen LogP contribution in [-0.2, 0) is 6.54 Å². The van der Waals surface area contributed by atoms with Gasteiger partial charge in [0.25, 0.3) is 5.91 Å². The first-order chi connectivity index (χ1) is 22.7. The average molecular weight is 633 g/mol. The number of fused-ring (bicyclic) bond motifs is 3. The number of nitrogens with one attached hydrogen (secondary N) is 1. The number of hydrogen-bond donors (Lipinski definition) is 2. The van der Waals surface area contributed by atoms with Crippen molar-refractivity contribution in [1.82, 2.24) is 24.1 Å². The second-order valence-electron chi connectivity index (χ2n) is 13.2. The molecule has 4 aromatic heterocycles. The summed E-state index contributed by atoms with van der Waals surface area (Å²) in [5.74, 6) is 0.646. The highest BCUT2D eigenvalue weighted by Crippen LogP contribution is 2.40. The Morgan fingerprint density at radius 3 is 2.68 bits per heavy atom. The maximum Gasteiger partial charge on any atom is 0.255 e. The van der Waals surface area contributed by atoms with Crippen molar-refractivity contribution < 1.29 is 13.9 Å². The van der Waals surface area contributed by atoms with Gasteiger partial charge in [-0.3, -0.25) is 9.59 Å². The summed E-state index contributed by atoms with van der Waals surface area (Å²) in [7, 11) is 1.62. The van der Waals surface area contributed by atoms with Gasteiger partial charge in [0.1, 0.15) is 22.8 Å². The van der Waals surface area contributed by atoms with Gasteiger partial charge in [0.05, 0.1) is 23.9 Å². The van der Waals surface area contributed by atoms with Crippen molar-refractivity contribution in [3.8, 4) is 28.3 Å². The number of carbonyl (C=O) groups excluding carboxylic acids is 1. The normalized spacial score (nSPS) is 16.9. The van der Waals surface area contributed by atoms with Gasteiger partial charge < -0.3 is 24.9 Å². The van der Waals surface area contributed by atoms with Crippen LogP contribution < -0.4 is 16.0 Å². The standard InChI is InChI=1S/C37H37FN6O3/c1-20-27-10-11-33(45)40-35(27)29(38)16-28(20)23-8-9-24-14-31(43(30(24)13-23)17-22-6-7-22)34-21(2)36-32(47-3)15-25(18-44(36)41-34)37(46)42-12-4-5-26(39)19-42/h8-11,13-16,18,22,26H,4-7,12,17,19,39H2,1-3H3,(H,40,45)/t26-/m1/s1. The van der Waals surface area contributed by atoms with E-state index in [0.717, 1.165) is 69.4 Å². The number of aromatic amines is 1. The number of benzene rings is 2. The first kappa shape index (κ1) is 29.4. The molecule has 2 fully saturated rings. The number of methoxy groups -OCH3 is 1. The Bertz CT molecular complexity index is 2300. The molecule has 3 N–H and O–H groups in total. The molecule has 0 unspecified atom stereocenters. The highest BCUT2D eigenvalue weighted by atomic mass is 19.1. The number of piperidine rings is 1. The Hall–Kier alpha value is -4.96. The van der Waals surface area contributed by atoms with Crippen molar-refractivity contribution in [3.05, 3.63) is 87.6 Å². The van der Waals surface area contributed by atoms with Gasteiger partial charge in [-0.05, 0) is 92.5 Å². The van der Waals surface area contributed by atoms with Crippen molar-refractivity contribution in [2.75, 3.05) is 20.2 Å². The SMILES string of the molecule is COc1cc(C(=O)N2CCC[C@@H](N)C2)cn2nc(-c3cc4ccc(-c5cc(F)c6[nH]c(=O)ccc6c5C)cc4n3CC3CC3)c(C)c12. The van der Waals surface area contributed by atoms with E-state index in [1.54, 1.807) is 23.9 Å². The van der Waals surface area contributed by atoms with Gasteiger partial charge in [0.2, 0.25) is 5.56 Å². The van der Waals surface area contributed by atoms with Crippen LogP contribution in [0.3, 0.4) is 0 Å². The van der Waals surface area contributed by atoms with Crippen LogP contribution in [0.5, 0.6) is 5.75 Å². The summed E-state index contributed by atoms with van der Waals surface area (Å²) >= 11 is 0. The number of likely N-dealkylation sites (tertiary alicyclic amines) is 1. The number of nitrogens with two attached hydrogens (primary N) is 1. The molecular weight excluding hydrogens is 595 g/mol. The zero-order valence-electron chi connectivity index (χ0n) is 26.8. The average Bonchev–Trinajstić information content (AvgIpc) is 3.74. The highest BCUT2D eigenvalue weighted by molar-refractivity contribution is 5.97. The van der Waals surface area contributed by atoms with Crippen LogP contribution >= 0.6 is 0 Å². The minimum atomic E-state index is -0.456. The van der Waals surface area contributed by atoms with Crippen LogP contribution in [0.2, 0.25) is 0 Å². The lowest BCUT2D eigenvalue weighted by atomic mass is 9.96. The fourth-order valence-electron chi connectivity index (χ4n) is 7.28. The van der Waals surface area contributed by atoms with E-state index in [-0.39, 0.29) is 23.0 Å². The number of aromatic nitrogens is 4. The lowest BCUT2D eigenvalue weighted by molar-refractivity contribution is 0.0707. The molecule has 0 bridgehead atoms. The zero-order chi connectivity index (χ0) is 32.6. The summed E-state index contributed by atoms with van der Waals surface area (Å²) in [6.07, 6.45) is 5.96. The van der Waals surface area contributed by atoms with Crippen LogP contribution in [-0.4, -0.2) is 56.2 Å². The first-order valence-electron chi connectivity index (χ1n) is 16.3. The molecule has 1 aliphatic carbocycles. The van der Waals surface area contributed by atoms with Crippen molar-refractivity contribution in [2.24, 2.45) is 11.7 Å². The van der Waals surface area contributed by atoms with Crippen molar-refractivity contribution in [2.45, 2.75) is 52.1 Å². The molecule has 0 radical (unpaired) electrons. The number of H-pyrrole nitrogens is 1. The Kier molecular flexibility index (Phi) is 6.94. The number of rotatable bonds is 6. The highest BCUT2D eigenvalue weighted by Gasteiger charge is 2.28. The molecule has 1 atom stereocenters. The molecule has 1 amide bonds. The van der Waals surface area contributed by atoms with Crippen molar-refractivity contribution >= 4 is 33.2 Å². The van der Waals surface area contributed by atoms with E-state index in [1.807, 2.05) is 30.9 Å². The van der Waals surface area contributed by atoms with Gasteiger partial charge in [-0.1, -0.05) is 12.1 Å². The second-order valence-corrected chi connectivity index (χ2v) is 13.2. The molecular formula is C37H37FN6O3. The zero-order valence-corrected chi connectivity index (χ0v) is 26.8. The van der Waals surface area contributed by atoms with E-state index >= 15 is 4.39 Å². The lowest BCUT2D eigenvalue weighted by Crippen LogP contribution is -2.45. The number of nitrogens with zero attached hydrogens (tertiary/aromatic N) is 4. The number of aryl methyl sites for hydroxylation is 2. The van der Waals surface area contributed by atoms with E-state index in [9.17, 15) is 9.59 Å². The van der Waals surface area contributed by atoms with Crippen LogP contribution in [0.1, 0.15) is 47.2 Å². The van der Waals surface area contributed by atoms with Gasteiger partial charge in [0, 0.05) is 59.8 Å². The fourth-order valence-corrected chi connectivity index (χ4v) is 7.28. The number of pyridine rings is 2. The molecule has 8 rings (SSSR count). The van der Waals surface area contributed by atoms with Crippen LogP contribution in [0.4, 0.5) is 4.39 Å². The summed E-state index contributed by atoms with van der Waals surface area (Å²) in [5.41, 5.74) is 13.8. The first-order valence-corrected chi connectivity index (χ1v) is 16.3. The molecule has 1 saturated heterocycles. The maximum absolute atomic E-state index is 15.3. The largest absolute Gasteiger partial charge is 0.494 e. The molecule has 1 aliphatic heterocycles. The van der Waals surface area contributed by atoms with Crippen LogP contribution in [0.15, 0.2) is 59.5 Å². The van der Waals surface area contributed by atoms with Crippen molar-refractivity contribution in [1.29, 1.82) is 0 Å². The lowest BCUT2D eigenvalue weighted by Gasteiger charge is -2.30. The minimum Gasteiger partial charge on any atom is -0.494 e. The van der Waals surface area contributed by atoms with E-state index in [2.05, 4.69) is 27.8 Å². The summed E-state index contributed by atoms with van der Waals surface area (Å²) in [5, 5.41) is 6.81. The molecule has 2 aliphatic rings. The third kappa shape index (κ3) is 4.98. The molecule has 9 nitrogen and oxygen atoms in total. The number of carbonyl (C=O) groups is 1. The molecule has 240 valence electrons. The van der Waals surface area contributed by atoms with Gasteiger partial charge in [0.15, 0.2) is 0 Å². The predicted molar refractivity (Wildman–Crippen MR) is 182 cm³/mol. The summed E-state index contributed by atoms with van der Waals surface area (Å²) in [6, 6.07) is 14.8. The topological polar surface area (TPSA) is 111 Å². The molecule has 10 heteroatoms.